The van der Waals surface area contributed by atoms with Crippen molar-refractivity contribution < 1.29 is 14.0 Å². The van der Waals surface area contributed by atoms with Crippen molar-refractivity contribution in [3.8, 4) is 0 Å². The molecule has 2 aromatic rings. The van der Waals surface area contributed by atoms with Crippen LogP contribution in [0.25, 0.3) is 0 Å². The summed E-state index contributed by atoms with van der Waals surface area (Å²) >= 11 is 0. The maximum absolute atomic E-state index is 12.1. The molecule has 1 aromatic carbocycles. The predicted molar refractivity (Wildman–Crippen MR) is 96.7 cm³/mol. The molecule has 0 bridgehead atoms. The van der Waals surface area contributed by atoms with Gasteiger partial charge in [-0.15, -0.1) is 0 Å². The lowest BCUT2D eigenvalue weighted by Gasteiger charge is -2.29. The molecular formula is C19H23N3O3. The van der Waals surface area contributed by atoms with Gasteiger partial charge < -0.3 is 20.4 Å². The summed E-state index contributed by atoms with van der Waals surface area (Å²) in [7, 11) is 0. The molecule has 3 N–H and O–H groups in total. The number of anilines is 2. The molecule has 0 aliphatic heterocycles. The van der Waals surface area contributed by atoms with Crippen molar-refractivity contribution >= 4 is 23.3 Å². The van der Waals surface area contributed by atoms with E-state index in [0.29, 0.717) is 17.3 Å². The number of hydrogen-bond donors (Lipinski definition) is 3. The minimum Gasteiger partial charge on any atom is -0.459 e. The zero-order chi connectivity index (χ0) is 17.6. The van der Waals surface area contributed by atoms with Crippen molar-refractivity contribution in [3.63, 3.8) is 0 Å². The van der Waals surface area contributed by atoms with E-state index >= 15 is 0 Å². The number of carbonyl (C=O) groups is 2. The molecule has 25 heavy (non-hydrogen) atoms. The molecule has 1 heterocycles. The molecule has 1 saturated carbocycles. The highest BCUT2D eigenvalue weighted by molar-refractivity contribution is 6.02. The van der Waals surface area contributed by atoms with Crippen LogP contribution in [0.3, 0.4) is 0 Å². The van der Waals surface area contributed by atoms with Crippen molar-refractivity contribution in [1.82, 2.24) is 5.32 Å². The summed E-state index contributed by atoms with van der Waals surface area (Å²) in [6.45, 7) is 2.18. The Kier molecular flexibility index (Phi) is 5.38. The molecule has 6 heteroatoms. The van der Waals surface area contributed by atoms with Gasteiger partial charge in [0.1, 0.15) is 0 Å². The van der Waals surface area contributed by atoms with Crippen molar-refractivity contribution in [3.05, 3.63) is 48.4 Å². The van der Waals surface area contributed by atoms with E-state index in [9.17, 15) is 9.59 Å². The van der Waals surface area contributed by atoms with Gasteiger partial charge in [0, 0.05) is 17.4 Å². The number of urea groups is 1. The summed E-state index contributed by atoms with van der Waals surface area (Å²) < 4.78 is 5.05. The zero-order valence-electron chi connectivity index (χ0n) is 14.2. The van der Waals surface area contributed by atoms with Crippen LogP contribution in [0.4, 0.5) is 16.2 Å². The highest BCUT2D eigenvalue weighted by Gasteiger charge is 2.22. The average molecular weight is 341 g/mol. The van der Waals surface area contributed by atoms with E-state index in [1.807, 2.05) is 0 Å². The molecule has 2 atom stereocenters. The molecule has 1 aromatic heterocycles. The molecule has 2 unspecified atom stereocenters. The Morgan fingerprint density at radius 1 is 1.00 bits per heavy atom. The van der Waals surface area contributed by atoms with Crippen molar-refractivity contribution in [1.29, 1.82) is 0 Å². The lowest BCUT2D eigenvalue weighted by Crippen LogP contribution is -2.43. The first kappa shape index (κ1) is 17.1. The number of hydrogen-bond acceptors (Lipinski definition) is 3. The molecule has 3 rings (SSSR count). The number of furan rings is 1. The Labute approximate surface area is 147 Å². The van der Waals surface area contributed by atoms with Crippen molar-refractivity contribution in [2.45, 2.75) is 38.6 Å². The van der Waals surface area contributed by atoms with E-state index < -0.39 is 0 Å². The number of benzene rings is 1. The number of amides is 3. The second kappa shape index (κ2) is 7.88. The third kappa shape index (κ3) is 4.62. The number of rotatable bonds is 4. The molecule has 132 valence electrons. The largest absolute Gasteiger partial charge is 0.459 e. The van der Waals surface area contributed by atoms with Gasteiger partial charge >= 0.3 is 6.03 Å². The third-order valence-corrected chi connectivity index (χ3v) is 4.57. The Bertz CT molecular complexity index is 710. The van der Waals surface area contributed by atoms with Crippen molar-refractivity contribution in [2.24, 2.45) is 5.92 Å². The fourth-order valence-electron chi connectivity index (χ4n) is 3.10. The third-order valence-electron chi connectivity index (χ3n) is 4.57. The van der Waals surface area contributed by atoms with Gasteiger partial charge in [-0.05, 0) is 55.2 Å². The van der Waals surface area contributed by atoms with Crippen LogP contribution in [0.5, 0.6) is 0 Å². The van der Waals surface area contributed by atoms with Crippen LogP contribution in [0.15, 0.2) is 47.1 Å². The van der Waals surface area contributed by atoms with Crippen LogP contribution < -0.4 is 16.0 Å². The van der Waals surface area contributed by atoms with Gasteiger partial charge in [-0.3, -0.25) is 4.79 Å². The summed E-state index contributed by atoms with van der Waals surface area (Å²) in [5.74, 6) is 0.455. The summed E-state index contributed by atoms with van der Waals surface area (Å²) in [5.41, 5.74) is 1.31. The Morgan fingerprint density at radius 2 is 1.68 bits per heavy atom. The smallest absolute Gasteiger partial charge is 0.319 e. The van der Waals surface area contributed by atoms with E-state index in [1.165, 1.54) is 19.1 Å². The van der Waals surface area contributed by atoms with Crippen LogP contribution in [0.2, 0.25) is 0 Å². The molecule has 1 fully saturated rings. The SMILES string of the molecule is CC1CCCCC1NC(=O)Nc1ccc(NC(=O)c2ccco2)cc1. The summed E-state index contributed by atoms with van der Waals surface area (Å²) in [4.78, 5) is 24.0. The second-order valence-electron chi connectivity index (χ2n) is 6.48. The highest BCUT2D eigenvalue weighted by Crippen LogP contribution is 2.24. The van der Waals surface area contributed by atoms with Crippen LogP contribution in [-0.4, -0.2) is 18.0 Å². The van der Waals surface area contributed by atoms with E-state index in [0.717, 1.165) is 12.8 Å². The van der Waals surface area contributed by atoms with Gasteiger partial charge in [0.05, 0.1) is 6.26 Å². The number of nitrogens with one attached hydrogen (secondary N) is 3. The van der Waals surface area contributed by atoms with Crippen LogP contribution in [0, 0.1) is 5.92 Å². The average Bonchev–Trinajstić information content (AvgIpc) is 3.13. The lowest BCUT2D eigenvalue weighted by atomic mass is 9.86. The fourth-order valence-corrected chi connectivity index (χ4v) is 3.10. The lowest BCUT2D eigenvalue weighted by molar-refractivity contribution is 0.0996. The van der Waals surface area contributed by atoms with E-state index in [2.05, 4.69) is 22.9 Å². The maximum atomic E-state index is 12.1. The fraction of sp³-hybridized carbons (Fsp3) is 0.368. The topological polar surface area (TPSA) is 83.4 Å². The first-order valence-electron chi connectivity index (χ1n) is 8.64. The second-order valence-corrected chi connectivity index (χ2v) is 6.48. The van der Waals surface area contributed by atoms with Gasteiger partial charge in [0.2, 0.25) is 0 Å². The molecule has 0 saturated heterocycles. The maximum Gasteiger partial charge on any atom is 0.319 e. The first-order valence-corrected chi connectivity index (χ1v) is 8.64. The first-order chi connectivity index (χ1) is 12.1. The molecule has 1 aliphatic carbocycles. The standard InChI is InChI=1S/C19H23N3O3/c1-13-5-2-3-6-16(13)22-19(24)21-15-10-8-14(9-11-15)20-18(23)17-7-4-12-25-17/h4,7-13,16H,2-3,5-6H2,1H3,(H,20,23)(H2,21,22,24). The molecule has 0 radical (unpaired) electrons. The molecule has 3 amide bonds. The molecule has 6 nitrogen and oxygen atoms in total. The molecular weight excluding hydrogens is 318 g/mol. The van der Waals surface area contributed by atoms with Gasteiger partial charge in [0.25, 0.3) is 5.91 Å². The van der Waals surface area contributed by atoms with Crippen LogP contribution >= 0.6 is 0 Å². The summed E-state index contributed by atoms with van der Waals surface area (Å²) in [6, 6.07) is 10.3. The zero-order valence-corrected chi connectivity index (χ0v) is 14.2. The highest BCUT2D eigenvalue weighted by atomic mass is 16.3. The predicted octanol–water partition coefficient (Wildman–Crippen LogP) is 4.23. The molecule has 1 aliphatic rings. The van der Waals surface area contributed by atoms with E-state index in [4.69, 9.17) is 4.42 Å². The monoisotopic (exact) mass is 341 g/mol. The van der Waals surface area contributed by atoms with E-state index in [-0.39, 0.29) is 23.7 Å². The van der Waals surface area contributed by atoms with Gasteiger partial charge in [-0.2, -0.15) is 0 Å². The Hall–Kier alpha value is -2.76. The molecule has 0 spiro atoms. The van der Waals surface area contributed by atoms with Crippen LogP contribution in [-0.2, 0) is 0 Å². The summed E-state index contributed by atoms with van der Waals surface area (Å²) in [6.07, 6.45) is 6.06. The van der Waals surface area contributed by atoms with E-state index in [1.54, 1.807) is 36.4 Å². The van der Waals surface area contributed by atoms with Crippen LogP contribution in [0.1, 0.15) is 43.2 Å². The minimum absolute atomic E-state index is 0.189. The van der Waals surface area contributed by atoms with Gasteiger partial charge in [-0.25, -0.2) is 4.79 Å². The van der Waals surface area contributed by atoms with Gasteiger partial charge in [0.15, 0.2) is 5.76 Å². The van der Waals surface area contributed by atoms with Crippen molar-refractivity contribution in [2.75, 3.05) is 10.6 Å². The summed E-state index contributed by atoms with van der Waals surface area (Å²) in [5, 5.41) is 8.62. The minimum atomic E-state index is -0.310. The quantitative estimate of drug-likeness (QED) is 0.778. The normalized spacial score (nSPS) is 19.9. The van der Waals surface area contributed by atoms with Gasteiger partial charge in [-0.1, -0.05) is 19.8 Å². The Morgan fingerprint density at radius 3 is 2.32 bits per heavy atom. The number of carbonyl (C=O) groups excluding carboxylic acids is 2. The Balaban J connectivity index is 1.51.